The molecule has 1 atom stereocenters. The molecule has 1 aromatic rings. The van der Waals surface area contributed by atoms with Crippen molar-refractivity contribution in [2.75, 3.05) is 34.3 Å². The summed E-state index contributed by atoms with van der Waals surface area (Å²) in [4.78, 5) is 12.1. The zero-order valence-corrected chi connectivity index (χ0v) is 16.6. The summed E-state index contributed by atoms with van der Waals surface area (Å²) in [5, 5.41) is 2.91. The van der Waals surface area contributed by atoms with E-state index in [1.54, 1.807) is 21.2 Å². The van der Waals surface area contributed by atoms with Crippen LogP contribution in [-0.4, -0.2) is 57.2 Å². The molecule has 2 rings (SSSR count). The first kappa shape index (κ1) is 20.7. The molecule has 0 aliphatic carbocycles. The molecule has 1 aromatic carbocycles. The summed E-state index contributed by atoms with van der Waals surface area (Å²) in [5.74, 6) is 0.975. The molecule has 0 saturated carbocycles. The number of carbonyl (C=O) groups excluding carboxylic acids is 1. The van der Waals surface area contributed by atoms with E-state index in [0.29, 0.717) is 32.5 Å². The highest BCUT2D eigenvalue weighted by Crippen LogP contribution is 2.23. The Labute approximate surface area is 156 Å². The summed E-state index contributed by atoms with van der Waals surface area (Å²) < 4.78 is 32.4. The molecule has 26 heavy (non-hydrogen) atoms. The van der Waals surface area contributed by atoms with Crippen LogP contribution in [0.3, 0.4) is 0 Å². The largest absolute Gasteiger partial charge is 0.497 e. The van der Waals surface area contributed by atoms with Gasteiger partial charge >= 0.3 is 0 Å². The summed E-state index contributed by atoms with van der Waals surface area (Å²) in [7, 11) is 1.34. The zero-order valence-electron chi connectivity index (χ0n) is 15.8. The minimum atomic E-state index is -3.37. The van der Waals surface area contributed by atoms with Gasteiger partial charge in [0.25, 0.3) is 10.2 Å². The van der Waals surface area contributed by atoms with E-state index < -0.39 is 10.2 Å². The Morgan fingerprint density at radius 3 is 2.85 bits per heavy atom. The number of carbonyl (C=O) groups is 1. The van der Waals surface area contributed by atoms with Gasteiger partial charge in [-0.15, -0.1) is 0 Å². The maximum Gasteiger partial charge on any atom is 0.281 e. The molecule has 1 amide bonds. The summed E-state index contributed by atoms with van der Waals surface area (Å²) in [6.07, 6.45) is 2.90. The predicted octanol–water partition coefficient (Wildman–Crippen LogP) is 1.61. The van der Waals surface area contributed by atoms with Crippen molar-refractivity contribution in [3.05, 3.63) is 29.8 Å². The molecule has 146 valence electrons. The van der Waals surface area contributed by atoms with Crippen LogP contribution in [0, 0.1) is 5.92 Å². The number of methoxy groups -OCH3 is 1. The van der Waals surface area contributed by atoms with Gasteiger partial charge in [-0.3, -0.25) is 4.79 Å². The van der Waals surface area contributed by atoms with Crippen molar-refractivity contribution in [1.29, 1.82) is 0 Å². The van der Waals surface area contributed by atoms with Crippen molar-refractivity contribution < 1.29 is 17.9 Å². The zero-order chi connectivity index (χ0) is 19.2. The molecule has 0 aromatic heterocycles. The number of benzene rings is 1. The molecule has 1 fully saturated rings. The van der Waals surface area contributed by atoms with Crippen molar-refractivity contribution in [2.45, 2.75) is 32.2 Å². The van der Waals surface area contributed by atoms with E-state index in [9.17, 15) is 13.2 Å². The van der Waals surface area contributed by atoms with E-state index in [-0.39, 0.29) is 11.8 Å². The Bertz CT molecular complexity index is 706. The van der Waals surface area contributed by atoms with Crippen molar-refractivity contribution in [1.82, 2.24) is 13.9 Å². The van der Waals surface area contributed by atoms with Gasteiger partial charge in [-0.1, -0.05) is 12.1 Å². The first-order valence-corrected chi connectivity index (χ1v) is 10.3. The Balaban J connectivity index is 1.78. The van der Waals surface area contributed by atoms with Gasteiger partial charge in [-0.05, 0) is 42.9 Å². The lowest BCUT2D eigenvalue weighted by Gasteiger charge is -2.33. The van der Waals surface area contributed by atoms with E-state index in [1.807, 2.05) is 24.3 Å². The van der Waals surface area contributed by atoms with Crippen LogP contribution in [-0.2, 0) is 21.5 Å². The molecular weight excluding hydrogens is 354 g/mol. The lowest BCUT2D eigenvalue weighted by molar-refractivity contribution is -0.121. The summed E-state index contributed by atoms with van der Waals surface area (Å²) in [5.41, 5.74) is 0.985. The summed E-state index contributed by atoms with van der Waals surface area (Å²) >= 11 is 0. The van der Waals surface area contributed by atoms with Gasteiger partial charge in [0, 0.05) is 40.2 Å². The highest BCUT2D eigenvalue weighted by Gasteiger charge is 2.30. The number of hydrogen-bond acceptors (Lipinski definition) is 4. The number of amides is 1. The van der Waals surface area contributed by atoms with E-state index in [2.05, 4.69) is 5.32 Å². The maximum atomic E-state index is 12.2. The first-order valence-electron chi connectivity index (χ1n) is 8.90. The standard InChI is InChI=1S/C18H29N3O4S/c1-20(2)26(23,24)21-11-5-7-15(14-21)9-10-18(22)19-13-16-6-4-8-17(12-16)25-3/h4,6,8,12,15H,5,7,9-11,13-14H2,1-3H3,(H,19,22). The summed E-state index contributed by atoms with van der Waals surface area (Å²) in [6.45, 7) is 1.50. The fraction of sp³-hybridized carbons (Fsp3) is 0.611. The Morgan fingerprint density at radius 1 is 1.38 bits per heavy atom. The third-order valence-electron chi connectivity index (χ3n) is 4.67. The topological polar surface area (TPSA) is 79.0 Å². The molecule has 0 radical (unpaired) electrons. The Kier molecular flexibility index (Phi) is 7.43. The first-order chi connectivity index (χ1) is 12.3. The molecule has 1 saturated heterocycles. The average molecular weight is 384 g/mol. The number of ether oxygens (including phenoxy) is 1. The van der Waals surface area contributed by atoms with Crippen LogP contribution in [0.2, 0.25) is 0 Å². The van der Waals surface area contributed by atoms with Crippen molar-refractivity contribution in [3.63, 3.8) is 0 Å². The predicted molar refractivity (Wildman–Crippen MR) is 101 cm³/mol. The van der Waals surface area contributed by atoms with Crippen LogP contribution >= 0.6 is 0 Å². The van der Waals surface area contributed by atoms with Crippen LogP contribution < -0.4 is 10.1 Å². The van der Waals surface area contributed by atoms with Gasteiger partial charge in [-0.25, -0.2) is 0 Å². The number of rotatable bonds is 8. The molecule has 0 spiro atoms. The minimum absolute atomic E-state index is 0.0135. The maximum absolute atomic E-state index is 12.2. The molecule has 1 N–H and O–H groups in total. The second-order valence-corrected chi connectivity index (χ2v) is 8.97. The van der Waals surface area contributed by atoms with Gasteiger partial charge < -0.3 is 10.1 Å². The Morgan fingerprint density at radius 2 is 2.15 bits per heavy atom. The van der Waals surface area contributed by atoms with Crippen molar-refractivity contribution in [2.24, 2.45) is 5.92 Å². The highest BCUT2D eigenvalue weighted by atomic mass is 32.2. The molecule has 7 nitrogen and oxygen atoms in total. The van der Waals surface area contributed by atoms with Gasteiger partial charge in [0.05, 0.1) is 7.11 Å². The summed E-state index contributed by atoms with van der Waals surface area (Å²) in [6, 6.07) is 7.59. The lowest BCUT2D eigenvalue weighted by Crippen LogP contribution is -2.45. The Hall–Kier alpha value is -1.64. The van der Waals surface area contributed by atoms with E-state index in [1.165, 1.54) is 8.61 Å². The second kappa shape index (κ2) is 9.34. The molecule has 1 aliphatic rings. The van der Waals surface area contributed by atoms with E-state index in [4.69, 9.17) is 4.74 Å². The fourth-order valence-corrected chi connectivity index (χ4v) is 4.33. The molecule has 0 bridgehead atoms. The molecule has 1 aliphatic heterocycles. The van der Waals surface area contributed by atoms with Crippen LogP contribution in [0.25, 0.3) is 0 Å². The molecular formula is C18H29N3O4S. The number of piperidine rings is 1. The fourth-order valence-electron chi connectivity index (χ4n) is 3.11. The van der Waals surface area contributed by atoms with Crippen LogP contribution in [0.1, 0.15) is 31.2 Å². The third kappa shape index (κ3) is 5.69. The van der Waals surface area contributed by atoms with Gasteiger partial charge in [-0.2, -0.15) is 17.0 Å². The van der Waals surface area contributed by atoms with E-state index in [0.717, 1.165) is 24.2 Å². The number of nitrogens with zero attached hydrogens (tertiary/aromatic N) is 2. The van der Waals surface area contributed by atoms with Gasteiger partial charge in [0.1, 0.15) is 5.75 Å². The minimum Gasteiger partial charge on any atom is -0.497 e. The molecule has 1 heterocycles. The SMILES string of the molecule is COc1cccc(CNC(=O)CCC2CCCN(S(=O)(=O)N(C)C)C2)c1. The van der Waals surface area contributed by atoms with Gasteiger partial charge in [0.2, 0.25) is 5.91 Å². The van der Waals surface area contributed by atoms with E-state index >= 15 is 0 Å². The molecule has 1 unspecified atom stereocenters. The van der Waals surface area contributed by atoms with Crippen molar-refractivity contribution in [3.8, 4) is 5.75 Å². The van der Waals surface area contributed by atoms with Crippen LogP contribution in [0.5, 0.6) is 5.75 Å². The normalized spacial score (nSPS) is 18.7. The number of nitrogens with one attached hydrogen (secondary N) is 1. The van der Waals surface area contributed by atoms with Crippen LogP contribution in [0.15, 0.2) is 24.3 Å². The molecule has 8 heteroatoms. The smallest absolute Gasteiger partial charge is 0.281 e. The second-order valence-electron chi connectivity index (χ2n) is 6.82. The van der Waals surface area contributed by atoms with Gasteiger partial charge in [0.15, 0.2) is 0 Å². The van der Waals surface area contributed by atoms with Crippen LogP contribution in [0.4, 0.5) is 0 Å². The highest BCUT2D eigenvalue weighted by molar-refractivity contribution is 7.86. The average Bonchev–Trinajstić information content (AvgIpc) is 2.65. The quantitative estimate of drug-likeness (QED) is 0.740. The number of hydrogen-bond donors (Lipinski definition) is 1. The monoisotopic (exact) mass is 383 g/mol. The lowest BCUT2D eigenvalue weighted by atomic mass is 9.94. The third-order valence-corrected chi connectivity index (χ3v) is 6.58. The van der Waals surface area contributed by atoms with Crippen molar-refractivity contribution >= 4 is 16.1 Å².